The molecule has 6 heteroatoms. The summed E-state index contributed by atoms with van der Waals surface area (Å²) < 4.78 is 10.6. The van der Waals surface area contributed by atoms with E-state index >= 15 is 0 Å². The largest absolute Gasteiger partial charge is 0.454 e. The summed E-state index contributed by atoms with van der Waals surface area (Å²) in [5.41, 5.74) is 7.00. The topological polar surface area (TPSA) is 69.4 Å². The van der Waals surface area contributed by atoms with Crippen LogP contribution in [0.25, 0.3) is 0 Å². The normalized spacial score (nSPS) is 12.2. The predicted molar refractivity (Wildman–Crippen MR) is 76.0 cm³/mol. The Morgan fingerprint density at radius 2 is 2.05 bits per heavy atom. The van der Waals surface area contributed by atoms with Crippen LogP contribution in [-0.4, -0.2) is 16.8 Å². The Morgan fingerprint density at radius 3 is 2.89 bits per heavy atom. The third-order valence-electron chi connectivity index (χ3n) is 2.65. The molecule has 96 valence electrons. The van der Waals surface area contributed by atoms with E-state index < -0.39 is 0 Å². The van der Waals surface area contributed by atoms with Gasteiger partial charge in [-0.2, -0.15) is 0 Å². The summed E-state index contributed by atoms with van der Waals surface area (Å²) in [5.74, 6) is 2.13. The molecular formula is C13H11N3O2S. The second-order valence-corrected chi connectivity index (χ2v) is 4.41. The summed E-state index contributed by atoms with van der Waals surface area (Å²) in [6, 6.07) is 11.1. The minimum absolute atomic E-state index is 0.258. The number of hydrogen-bond donors (Lipinski definition) is 2. The van der Waals surface area contributed by atoms with E-state index in [1.54, 1.807) is 6.07 Å². The number of rotatable bonds is 3. The molecule has 0 saturated carbocycles. The van der Waals surface area contributed by atoms with Gasteiger partial charge in [0.15, 0.2) is 11.5 Å². The van der Waals surface area contributed by atoms with Gasteiger partial charge in [0.2, 0.25) is 6.79 Å². The highest BCUT2D eigenvalue weighted by Gasteiger charge is 2.13. The number of aromatic nitrogens is 1. The molecule has 0 atom stereocenters. The van der Waals surface area contributed by atoms with Crippen molar-refractivity contribution in [1.29, 1.82) is 0 Å². The lowest BCUT2D eigenvalue weighted by atomic mass is 10.2. The SMILES string of the molecule is NC(=S)c1cccc(Nc2ccc3c(c2)OCO3)n1. The van der Waals surface area contributed by atoms with E-state index in [1.807, 2.05) is 30.3 Å². The molecule has 0 bridgehead atoms. The number of nitrogens with one attached hydrogen (secondary N) is 1. The maximum Gasteiger partial charge on any atom is 0.231 e. The van der Waals surface area contributed by atoms with Gasteiger partial charge in [-0.05, 0) is 24.3 Å². The lowest BCUT2D eigenvalue weighted by molar-refractivity contribution is 0.174. The number of pyridine rings is 1. The monoisotopic (exact) mass is 273 g/mol. The fourth-order valence-electron chi connectivity index (χ4n) is 1.76. The lowest BCUT2D eigenvalue weighted by Gasteiger charge is -2.07. The van der Waals surface area contributed by atoms with E-state index in [-0.39, 0.29) is 11.8 Å². The van der Waals surface area contributed by atoms with Gasteiger partial charge in [0, 0.05) is 11.8 Å². The number of benzene rings is 1. The fraction of sp³-hybridized carbons (Fsp3) is 0.0769. The maximum atomic E-state index is 5.55. The van der Waals surface area contributed by atoms with Crippen molar-refractivity contribution < 1.29 is 9.47 Å². The molecule has 1 aromatic heterocycles. The van der Waals surface area contributed by atoms with Crippen molar-refractivity contribution in [2.24, 2.45) is 5.73 Å². The first-order valence-corrected chi connectivity index (χ1v) is 6.07. The molecule has 0 aliphatic carbocycles. The number of ether oxygens (including phenoxy) is 2. The average Bonchev–Trinajstić information content (AvgIpc) is 2.86. The molecular weight excluding hydrogens is 262 g/mol. The van der Waals surface area contributed by atoms with Gasteiger partial charge in [0.05, 0.1) is 5.69 Å². The lowest BCUT2D eigenvalue weighted by Crippen LogP contribution is -2.12. The van der Waals surface area contributed by atoms with Crippen molar-refractivity contribution in [3.05, 3.63) is 42.1 Å². The zero-order chi connectivity index (χ0) is 13.2. The number of thiocarbonyl (C=S) groups is 1. The molecule has 0 amide bonds. The number of nitrogens with zero attached hydrogens (tertiary/aromatic N) is 1. The van der Waals surface area contributed by atoms with Crippen molar-refractivity contribution in [3.8, 4) is 11.5 Å². The first-order valence-electron chi connectivity index (χ1n) is 5.66. The van der Waals surface area contributed by atoms with Crippen molar-refractivity contribution in [2.45, 2.75) is 0 Å². The molecule has 3 N–H and O–H groups in total. The molecule has 0 radical (unpaired) electrons. The first-order chi connectivity index (χ1) is 9.22. The van der Waals surface area contributed by atoms with Crippen LogP contribution in [0.2, 0.25) is 0 Å². The minimum atomic E-state index is 0.258. The molecule has 3 rings (SSSR count). The average molecular weight is 273 g/mol. The highest BCUT2D eigenvalue weighted by atomic mass is 32.1. The Labute approximate surface area is 115 Å². The van der Waals surface area contributed by atoms with Gasteiger partial charge < -0.3 is 20.5 Å². The zero-order valence-electron chi connectivity index (χ0n) is 9.92. The Hall–Kier alpha value is -2.34. The van der Waals surface area contributed by atoms with Crippen LogP contribution in [0.1, 0.15) is 5.69 Å². The molecule has 0 fully saturated rings. The summed E-state index contributed by atoms with van der Waals surface area (Å²) in [6.45, 7) is 0.258. The van der Waals surface area contributed by atoms with E-state index in [1.165, 1.54) is 0 Å². The Morgan fingerprint density at radius 1 is 1.21 bits per heavy atom. The second-order valence-electron chi connectivity index (χ2n) is 3.97. The second kappa shape index (κ2) is 4.74. The van der Waals surface area contributed by atoms with Crippen LogP contribution in [0.3, 0.4) is 0 Å². The number of nitrogens with two attached hydrogens (primary N) is 1. The molecule has 19 heavy (non-hydrogen) atoms. The molecule has 5 nitrogen and oxygen atoms in total. The number of hydrogen-bond acceptors (Lipinski definition) is 5. The van der Waals surface area contributed by atoms with Crippen molar-refractivity contribution in [1.82, 2.24) is 4.98 Å². The Bertz CT molecular complexity index is 646. The Kier molecular flexibility index (Phi) is 2.92. The first kappa shape index (κ1) is 11.7. The van der Waals surface area contributed by atoms with Crippen molar-refractivity contribution in [2.75, 3.05) is 12.1 Å². The van der Waals surface area contributed by atoms with Gasteiger partial charge in [-0.25, -0.2) is 4.98 Å². The predicted octanol–water partition coefficient (Wildman–Crippen LogP) is 2.19. The van der Waals surface area contributed by atoms with Gasteiger partial charge in [-0.3, -0.25) is 0 Å². The summed E-state index contributed by atoms with van der Waals surface area (Å²) in [6.07, 6.45) is 0. The van der Waals surface area contributed by atoms with E-state index in [4.69, 9.17) is 27.4 Å². The van der Waals surface area contributed by atoms with Crippen LogP contribution in [0.5, 0.6) is 11.5 Å². The quantitative estimate of drug-likeness (QED) is 0.835. The van der Waals surface area contributed by atoms with E-state index in [0.29, 0.717) is 11.5 Å². The van der Waals surface area contributed by atoms with Gasteiger partial charge in [-0.1, -0.05) is 18.3 Å². The van der Waals surface area contributed by atoms with E-state index in [0.717, 1.165) is 17.2 Å². The van der Waals surface area contributed by atoms with E-state index in [9.17, 15) is 0 Å². The van der Waals surface area contributed by atoms with Crippen LogP contribution < -0.4 is 20.5 Å². The third kappa shape index (κ3) is 2.43. The van der Waals surface area contributed by atoms with Crippen LogP contribution in [-0.2, 0) is 0 Å². The highest BCUT2D eigenvalue weighted by molar-refractivity contribution is 7.80. The summed E-state index contributed by atoms with van der Waals surface area (Å²) in [5, 5.41) is 3.17. The van der Waals surface area contributed by atoms with Crippen LogP contribution >= 0.6 is 12.2 Å². The molecule has 1 aliphatic heterocycles. The molecule has 0 saturated heterocycles. The molecule has 1 aliphatic rings. The summed E-state index contributed by atoms with van der Waals surface area (Å²) in [7, 11) is 0. The van der Waals surface area contributed by atoms with Crippen molar-refractivity contribution in [3.63, 3.8) is 0 Å². The smallest absolute Gasteiger partial charge is 0.231 e. The highest BCUT2D eigenvalue weighted by Crippen LogP contribution is 2.34. The molecule has 0 unspecified atom stereocenters. The van der Waals surface area contributed by atoms with E-state index in [2.05, 4.69) is 10.3 Å². The number of anilines is 2. The number of fused-ring (bicyclic) bond motifs is 1. The molecule has 0 spiro atoms. The van der Waals surface area contributed by atoms with Gasteiger partial charge >= 0.3 is 0 Å². The molecule has 2 aromatic rings. The molecule has 1 aromatic carbocycles. The fourth-order valence-corrected chi connectivity index (χ4v) is 1.88. The third-order valence-corrected chi connectivity index (χ3v) is 2.86. The standard InChI is InChI=1S/C13H11N3O2S/c14-13(19)9-2-1-3-12(16-9)15-8-4-5-10-11(6-8)18-7-17-10/h1-6H,7H2,(H2,14,19)(H,15,16). The maximum absolute atomic E-state index is 5.55. The van der Waals surface area contributed by atoms with Gasteiger partial charge in [0.1, 0.15) is 10.8 Å². The van der Waals surface area contributed by atoms with Crippen LogP contribution in [0.15, 0.2) is 36.4 Å². The van der Waals surface area contributed by atoms with Gasteiger partial charge in [0.25, 0.3) is 0 Å². The Balaban J connectivity index is 1.85. The summed E-state index contributed by atoms with van der Waals surface area (Å²) in [4.78, 5) is 4.58. The minimum Gasteiger partial charge on any atom is -0.454 e. The van der Waals surface area contributed by atoms with Crippen LogP contribution in [0.4, 0.5) is 11.5 Å². The van der Waals surface area contributed by atoms with Crippen molar-refractivity contribution >= 4 is 28.7 Å². The summed E-state index contributed by atoms with van der Waals surface area (Å²) >= 11 is 4.90. The molecule has 2 heterocycles. The van der Waals surface area contributed by atoms with Crippen LogP contribution in [0, 0.1) is 0 Å². The zero-order valence-corrected chi connectivity index (χ0v) is 10.7. The van der Waals surface area contributed by atoms with Gasteiger partial charge in [-0.15, -0.1) is 0 Å².